The SMILES string of the molecule is COc1ccc2c(c1)CCN(C(=O)c1ccnc(OC3CCOC3)c1)C2. The largest absolute Gasteiger partial charge is 0.497 e. The summed E-state index contributed by atoms with van der Waals surface area (Å²) in [5.41, 5.74) is 3.01. The Balaban J connectivity index is 1.47. The minimum atomic E-state index is 0.00129. The minimum Gasteiger partial charge on any atom is -0.497 e. The number of hydrogen-bond donors (Lipinski definition) is 0. The summed E-state index contributed by atoms with van der Waals surface area (Å²) >= 11 is 0. The Kier molecular flexibility index (Phi) is 4.75. The Morgan fingerprint density at radius 1 is 1.27 bits per heavy atom. The maximum absolute atomic E-state index is 12.9. The smallest absolute Gasteiger partial charge is 0.254 e. The predicted molar refractivity (Wildman–Crippen MR) is 95.5 cm³/mol. The van der Waals surface area contributed by atoms with Crippen LogP contribution in [0.15, 0.2) is 36.5 Å². The van der Waals surface area contributed by atoms with Gasteiger partial charge < -0.3 is 19.1 Å². The van der Waals surface area contributed by atoms with Crippen LogP contribution in [0, 0.1) is 0 Å². The molecule has 1 unspecified atom stereocenters. The van der Waals surface area contributed by atoms with E-state index in [4.69, 9.17) is 14.2 Å². The molecule has 0 saturated carbocycles. The zero-order valence-electron chi connectivity index (χ0n) is 14.8. The molecule has 1 saturated heterocycles. The van der Waals surface area contributed by atoms with E-state index in [0.29, 0.717) is 37.7 Å². The van der Waals surface area contributed by atoms with Gasteiger partial charge in [-0.15, -0.1) is 0 Å². The van der Waals surface area contributed by atoms with Crippen molar-refractivity contribution in [1.82, 2.24) is 9.88 Å². The number of benzene rings is 1. The number of pyridine rings is 1. The molecule has 1 aromatic carbocycles. The highest BCUT2D eigenvalue weighted by molar-refractivity contribution is 5.94. The number of hydrogen-bond acceptors (Lipinski definition) is 5. The first kappa shape index (κ1) is 16.8. The Morgan fingerprint density at radius 2 is 2.19 bits per heavy atom. The molecule has 1 fully saturated rings. The molecular weight excluding hydrogens is 332 g/mol. The molecule has 2 aliphatic rings. The number of rotatable bonds is 4. The van der Waals surface area contributed by atoms with E-state index in [-0.39, 0.29) is 12.0 Å². The summed E-state index contributed by atoms with van der Waals surface area (Å²) < 4.78 is 16.4. The van der Waals surface area contributed by atoms with Crippen LogP contribution in [0.1, 0.15) is 27.9 Å². The highest BCUT2D eigenvalue weighted by atomic mass is 16.5. The van der Waals surface area contributed by atoms with E-state index in [1.54, 1.807) is 25.4 Å². The fourth-order valence-electron chi connectivity index (χ4n) is 3.40. The van der Waals surface area contributed by atoms with Gasteiger partial charge in [0.1, 0.15) is 11.9 Å². The van der Waals surface area contributed by atoms with Crippen LogP contribution in [0.4, 0.5) is 0 Å². The number of aromatic nitrogens is 1. The van der Waals surface area contributed by atoms with Gasteiger partial charge in [-0.25, -0.2) is 4.98 Å². The van der Waals surface area contributed by atoms with Crippen LogP contribution in [0.2, 0.25) is 0 Å². The van der Waals surface area contributed by atoms with E-state index in [1.165, 1.54) is 11.1 Å². The van der Waals surface area contributed by atoms with Gasteiger partial charge in [0, 0.05) is 37.3 Å². The number of carbonyl (C=O) groups is 1. The van der Waals surface area contributed by atoms with Crippen molar-refractivity contribution in [2.24, 2.45) is 0 Å². The molecule has 1 aromatic heterocycles. The fourth-order valence-corrected chi connectivity index (χ4v) is 3.40. The third-order valence-corrected chi connectivity index (χ3v) is 4.87. The van der Waals surface area contributed by atoms with Crippen molar-refractivity contribution in [3.05, 3.63) is 53.2 Å². The van der Waals surface area contributed by atoms with Crippen LogP contribution in [0.5, 0.6) is 11.6 Å². The van der Waals surface area contributed by atoms with Crippen molar-refractivity contribution in [2.75, 3.05) is 26.9 Å². The lowest BCUT2D eigenvalue weighted by molar-refractivity contribution is 0.0733. The monoisotopic (exact) mass is 354 g/mol. The van der Waals surface area contributed by atoms with E-state index >= 15 is 0 Å². The lowest BCUT2D eigenvalue weighted by Gasteiger charge is -2.29. The first-order chi connectivity index (χ1) is 12.7. The second kappa shape index (κ2) is 7.33. The second-order valence-electron chi connectivity index (χ2n) is 6.60. The predicted octanol–water partition coefficient (Wildman–Crippen LogP) is 2.46. The average Bonchev–Trinajstić information content (AvgIpc) is 3.19. The van der Waals surface area contributed by atoms with Crippen molar-refractivity contribution in [3.8, 4) is 11.6 Å². The number of fused-ring (bicyclic) bond motifs is 1. The van der Waals surface area contributed by atoms with Gasteiger partial charge >= 0.3 is 0 Å². The molecule has 136 valence electrons. The van der Waals surface area contributed by atoms with E-state index in [1.807, 2.05) is 17.0 Å². The minimum absolute atomic E-state index is 0.00129. The van der Waals surface area contributed by atoms with Crippen molar-refractivity contribution < 1.29 is 19.0 Å². The Labute approximate surface area is 152 Å². The summed E-state index contributed by atoms with van der Waals surface area (Å²) in [4.78, 5) is 19.0. The fraction of sp³-hybridized carbons (Fsp3) is 0.400. The normalized spacial score (nSPS) is 19.1. The van der Waals surface area contributed by atoms with Gasteiger partial charge in [-0.1, -0.05) is 6.07 Å². The van der Waals surface area contributed by atoms with Crippen LogP contribution >= 0.6 is 0 Å². The molecular formula is C20H22N2O4. The third kappa shape index (κ3) is 3.51. The number of carbonyl (C=O) groups excluding carboxylic acids is 1. The molecule has 2 aromatic rings. The number of ether oxygens (including phenoxy) is 3. The summed E-state index contributed by atoms with van der Waals surface area (Å²) in [6.45, 7) is 2.58. The molecule has 2 aliphatic heterocycles. The molecule has 0 aliphatic carbocycles. The zero-order chi connectivity index (χ0) is 17.9. The summed E-state index contributed by atoms with van der Waals surface area (Å²) in [6.07, 6.45) is 3.32. The summed E-state index contributed by atoms with van der Waals surface area (Å²) in [5.74, 6) is 1.34. The van der Waals surface area contributed by atoms with E-state index in [9.17, 15) is 4.79 Å². The molecule has 0 bridgehead atoms. The summed E-state index contributed by atoms with van der Waals surface area (Å²) in [7, 11) is 1.67. The van der Waals surface area contributed by atoms with Crippen molar-refractivity contribution >= 4 is 5.91 Å². The van der Waals surface area contributed by atoms with Crippen molar-refractivity contribution in [2.45, 2.75) is 25.5 Å². The Morgan fingerprint density at radius 3 is 3.00 bits per heavy atom. The number of methoxy groups -OCH3 is 1. The van der Waals surface area contributed by atoms with Gasteiger partial charge in [-0.2, -0.15) is 0 Å². The molecule has 1 amide bonds. The molecule has 3 heterocycles. The lowest BCUT2D eigenvalue weighted by atomic mass is 9.99. The Bertz CT molecular complexity index is 802. The molecule has 4 rings (SSSR count). The standard InChI is InChI=1S/C20H22N2O4/c1-24-17-3-2-16-12-22(8-5-14(16)10-17)20(23)15-4-7-21-19(11-15)26-18-6-9-25-13-18/h2-4,7,10-11,18H,5-6,8-9,12-13H2,1H3. The quantitative estimate of drug-likeness (QED) is 0.844. The first-order valence-electron chi connectivity index (χ1n) is 8.88. The molecule has 0 spiro atoms. The lowest BCUT2D eigenvalue weighted by Crippen LogP contribution is -2.36. The summed E-state index contributed by atoms with van der Waals surface area (Å²) in [5, 5.41) is 0. The zero-order valence-corrected chi connectivity index (χ0v) is 14.8. The van der Waals surface area contributed by atoms with Gasteiger partial charge in [-0.3, -0.25) is 4.79 Å². The van der Waals surface area contributed by atoms with Crippen molar-refractivity contribution in [1.29, 1.82) is 0 Å². The Hall–Kier alpha value is -2.60. The van der Waals surface area contributed by atoms with Crippen LogP contribution in [0.3, 0.4) is 0 Å². The molecule has 6 nitrogen and oxygen atoms in total. The first-order valence-corrected chi connectivity index (χ1v) is 8.88. The van der Waals surface area contributed by atoms with Crippen LogP contribution in [-0.2, 0) is 17.7 Å². The molecule has 26 heavy (non-hydrogen) atoms. The van der Waals surface area contributed by atoms with Gasteiger partial charge in [0.15, 0.2) is 0 Å². The van der Waals surface area contributed by atoms with Gasteiger partial charge in [0.05, 0.1) is 20.3 Å². The average molecular weight is 354 g/mol. The van der Waals surface area contributed by atoms with E-state index in [0.717, 1.165) is 18.6 Å². The molecule has 0 radical (unpaired) electrons. The van der Waals surface area contributed by atoms with E-state index < -0.39 is 0 Å². The molecule has 1 atom stereocenters. The maximum Gasteiger partial charge on any atom is 0.254 e. The highest BCUT2D eigenvalue weighted by Crippen LogP contribution is 2.25. The van der Waals surface area contributed by atoms with Crippen molar-refractivity contribution in [3.63, 3.8) is 0 Å². The summed E-state index contributed by atoms with van der Waals surface area (Å²) in [6, 6.07) is 9.50. The topological polar surface area (TPSA) is 60.9 Å². The number of amides is 1. The molecule has 6 heteroatoms. The van der Waals surface area contributed by atoms with Crippen LogP contribution in [-0.4, -0.2) is 48.8 Å². The second-order valence-corrected chi connectivity index (χ2v) is 6.60. The number of nitrogens with zero attached hydrogens (tertiary/aromatic N) is 2. The van der Waals surface area contributed by atoms with Gasteiger partial charge in [0.25, 0.3) is 5.91 Å². The highest BCUT2D eigenvalue weighted by Gasteiger charge is 2.23. The molecule has 0 N–H and O–H groups in total. The van der Waals surface area contributed by atoms with Crippen LogP contribution < -0.4 is 9.47 Å². The van der Waals surface area contributed by atoms with Gasteiger partial charge in [0.2, 0.25) is 5.88 Å². The van der Waals surface area contributed by atoms with Crippen LogP contribution in [0.25, 0.3) is 0 Å². The van der Waals surface area contributed by atoms with Gasteiger partial charge in [-0.05, 0) is 35.7 Å². The van der Waals surface area contributed by atoms with E-state index in [2.05, 4.69) is 11.1 Å². The third-order valence-electron chi connectivity index (χ3n) is 4.87. The maximum atomic E-state index is 12.9.